The molecule has 0 fully saturated rings. The number of nitrogens with two attached hydrogens (primary N) is 2. The maximum absolute atomic E-state index is 6.19. The first-order chi connectivity index (χ1) is 8.54. The zero-order valence-corrected chi connectivity index (χ0v) is 11.3. The Bertz CT molecular complexity index is 599. The van der Waals surface area contributed by atoms with Crippen LogP contribution in [0.25, 0.3) is 11.1 Å². The number of aromatic nitrogens is 2. The highest BCUT2D eigenvalue weighted by Crippen LogP contribution is 2.37. The number of nitrogens with zero attached hydrogens (tertiary/aromatic N) is 2. The predicted octanol–water partition coefficient (Wildman–Crippen LogP) is 3.18. The lowest BCUT2D eigenvalue weighted by Gasteiger charge is -2.12. The Morgan fingerprint density at radius 3 is 2.56 bits per heavy atom. The van der Waals surface area contributed by atoms with Crippen LogP contribution in [0.15, 0.2) is 18.2 Å². The molecule has 0 spiro atoms. The Morgan fingerprint density at radius 2 is 1.89 bits per heavy atom. The van der Waals surface area contributed by atoms with Crippen molar-refractivity contribution in [2.75, 3.05) is 11.5 Å². The normalized spacial score (nSPS) is 10.6. The minimum Gasteiger partial charge on any atom is -0.383 e. The number of nitrogen functional groups attached to an aromatic ring is 2. The quantitative estimate of drug-likeness (QED) is 0.887. The zero-order chi connectivity index (χ0) is 13.3. The van der Waals surface area contributed by atoms with Gasteiger partial charge in [0.1, 0.15) is 5.82 Å². The van der Waals surface area contributed by atoms with Crippen molar-refractivity contribution in [3.05, 3.63) is 33.9 Å². The van der Waals surface area contributed by atoms with Crippen LogP contribution in [0, 0.1) is 0 Å². The molecule has 0 saturated carbocycles. The first kappa shape index (κ1) is 12.9. The number of anilines is 2. The van der Waals surface area contributed by atoms with E-state index < -0.39 is 0 Å². The molecule has 0 unspecified atom stereocenters. The number of halogens is 2. The fourth-order valence-corrected chi connectivity index (χ4v) is 2.19. The van der Waals surface area contributed by atoms with Crippen LogP contribution in [-0.2, 0) is 6.42 Å². The van der Waals surface area contributed by atoms with Crippen LogP contribution in [0.3, 0.4) is 0 Å². The van der Waals surface area contributed by atoms with E-state index in [1.54, 1.807) is 12.1 Å². The molecule has 2 rings (SSSR count). The van der Waals surface area contributed by atoms with E-state index in [1.807, 2.05) is 13.0 Å². The van der Waals surface area contributed by atoms with Gasteiger partial charge in [0.05, 0.1) is 15.7 Å². The Balaban J connectivity index is 2.74. The van der Waals surface area contributed by atoms with Crippen molar-refractivity contribution in [3.63, 3.8) is 0 Å². The standard InChI is InChI=1S/C12H12Cl2N4/c1-2-8-9(11(15)18-12(16)17-8)6-4-3-5-7(13)10(6)14/h3-5H,2H2,1H3,(H4,15,16,17,18). The molecule has 4 N–H and O–H groups in total. The molecule has 0 atom stereocenters. The van der Waals surface area contributed by atoms with Crippen LogP contribution >= 0.6 is 23.2 Å². The molecular formula is C12H12Cl2N4. The molecule has 0 saturated heterocycles. The van der Waals surface area contributed by atoms with Gasteiger partial charge in [-0.2, -0.15) is 4.98 Å². The number of benzene rings is 1. The fraction of sp³-hybridized carbons (Fsp3) is 0.167. The Kier molecular flexibility index (Phi) is 3.59. The average molecular weight is 283 g/mol. The van der Waals surface area contributed by atoms with E-state index in [0.717, 1.165) is 11.3 Å². The lowest BCUT2D eigenvalue weighted by molar-refractivity contribution is 1.02. The highest BCUT2D eigenvalue weighted by atomic mass is 35.5. The summed E-state index contributed by atoms with van der Waals surface area (Å²) < 4.78 is 0. The Labute approximate surface area is 115 Å². The van der Waals surface area contributed by atoms with Crippen molar-refractivity contribution in [1.82, 2.24) is 9.97 Å². The molecule has 6 heteroatoms. The minimum atomic E-state index is 0.159. The van der Waals surface area contributed by atoms with Crippen LogP contribution in [0.5, 0.6) is 0 Å². The first-order valence-electron chi connectivity index (χ1n) is 5.40. The maximum Gasteiger partial charge on any atom is 0.222 e. The molecule has 1 aromatic heterocycles. The third kappa shape index (κ3) is 2.21. The molecule has 0 aliphatic carbocycles. The van der Waals surface area contributed by atoms with E-state index in [1.165, 1.54) is 0 Å². The van der Waals surface area contributed by atoms with Crippen molar-refractivity contribution < 1.29 is 0 Å². The van der Waals surface area contributed by atoms with E-state index in [4.69, 9.17) is 34.7 Å². The zero-order valence-electron chi connectivity index (χ0n) is 9.74. The van der Waals surface area contributed by atoms with Crippen molar-refractivity contribution in [2.24, 2.45) is 0 Å². The van der Waals surface area contributed by atoms with E-state index in [-0.39, 0.29) is 5.95 Å². The summed E-state index contributed by atoms with van der Waals surface area (Å²) in [6.45, 7) is 1.96. The molecular weight excluding hydrogens is 271 g/mol. The summed E-state index contributed by atoms with van der Waals surface area (Å²) in [7, 11) is 0. The number of hydrogen-bond donors (Lipinski definition) is 2. The largest absolute Gasteiger partial charge is 0.383 e. The van der Waals surface area contributed by atoms with E-state index in [0.29, 0.717) is 27.8 Å². The SMILES string of the molecule is CCc1nc(N)nc(N)c1-c1cccc(Cl)c1Cl. The lowest BCUT2D eigenvalue weighted by Crippen LogP contribution is -2.06. The maximum atomic E-state index is 6.19. The molecule has 18 heavy (non-hydrogen) atoms. The Morgan fingerprint density at radius 1 is 1.17 bits per heavy atom. The van der Waals surface area contributed by atoms with Gasteiger partial charge in [-0.15, -0.1) is 0 Å². The Hall–Kier alpha value is -1.52. The van der Waals surface area contributed by atoms with E-state index in [2.05, 4.69) is 9.97 Å². The van der Waals surface area contributed by atoms with Gasteiger partial charge in [0.15, 0.2) is 0 Å². The topological polar surface area (TPSA) is 77.8 Å². The summed E-state index contributed by atoms with van der Waals surface area (Å²) in [5.41, 5.74) is 13.7. The molecule has 2 aromatic rings. The fourth-order valence-electron chi connectivity index (χ4n) is 1.79. The van der Waals surface area contributed by atoms with Crippen LogP contribution < -0.4 is 11.5 Å². The van der Waals surface area contributed by atoms with Gasteiger partial charge in [-0.1, -0.05) is 42.3 Å². The van der Waals surface area contributed by atoms with Gasteiger partial charge in [-0.05, 0) is 12.5 Å². The summed E-state index contributed by atoms with van der Waals surface area (Å²) >= 11 is 12.2. The van der Waals surface area contributed by atoms with Crippen LogP contribution in [0.2, 0.25) is 10.0 Å². The van der Waals surface area contributed by atoms with E-state index >= 15 is 0 Å². The van der Waals surface area contributed by atoms with E-state index in [9.17, 15) is 0 Å². The first-order valence-corrected chi connectivity index (χ1v) is 6.16. The summed E-state index contributed by atoms with van der Waals surface area (Å²) in [6.07, 6.45) is 0.676. The van der Waals surface area contributed by atoms with Gasteiger partial charge in [-0.3, -0.25) is 0 Å². The average Bonchev–Trinajstić information content (AvgIpc) is 2.32. The third-order valence-corrected chi connectivity index (χ3v) is 3.40. The van der Waals surface area contributed by atoms with Gasteiger partial charge in [-0.25, -0.2) is 4.98 Å². The second-order valence-electron chi connectivity index (χ2n) is 3.74. The summed E-state index contributed by atoms with van der Waals surface area (Å²) in [6, 6.07) is 5.35. The summed E-state index contributed by atoms with van der Waals surface area (Å²) in [5, 5.41) is 0.904. The molecule has 0 aliphatic heterocycles. The van der Waals surface area contributed by atoms with Gasteiger partial charge in [0.25, 0.3) is 0 Å². The lowest BCUT2D eigenvalue weighted by atomic mass is 10.0. The molecule has 0 bridgehead atoms. The highest BCUT2D eigenvalue weighted by Gasteiger charge is 2.16. The molecule has 0 aliphatic rings. The van der Waals surface area contributed by atoms with Crippen molar-refractivity contribution in [3.8, 4) is 11.1 Å². The van der Waals surface area contributed by atoms with Crippen LogP contribution in [-0.4, -0.2) is 9.97 Å². The van der Waals surface area contributed by atoms with Crippen molar-refractivity contribution >= 4 is 35.0 Å². The van der Waals surface area contributed by atoms with Crippen LogP contribution in [0.4, 0.5) is 11.8 Å². The smallest absolute Gasteiger partial charge is 0.222 e. The molecule has 0 radical (unpaired) electrons. The minimum absolute atomic E-state index is 0.159. The monoisotopic (exact) mass is 282 g/mol. The van der Waals surface area contributed by atoms with Gasteiger partial charge in [0.2, 0.25) is 5.95 Å². The molecule has 94 valence electrons. The van der Waals surface area contributed by atoms with Crippen LogP contribution in [0.1, 0.15) is 12.6 Å². The molecule has 1 heterocycles. The van der Waals surface area contributed by atoms with Crippen molar-refractivity contribution in [1.29, 1.82) is 0 Å². The highest BCUT2D eigenvalue weighted by molar-refractivity contribution is 6.43. The number of hydrogen-bond acceptors (Lipinski definition) is 4. The van der Waals surface area contributed by atoms with Gasteiger partial charge >= 0.3 is 0 Å². The molecule has 1 aromatic carbocycles. The summed E-state index contributed by atoms with van der Waals surface area (Å²) in [4.78, 5) is 8.16. The molecule has 0 amide bonds. The summed E-state index contributed by atoms with van der Waals surface area (Å²) in [5.74, 6) is 0.467. The second kappa shape index (κ2) is 5.00. The van der Waals surface area contributed by atoms with Gasteiger partial charge < -0.3 is 11.5 Å². The predicted molar refractivity (Wildman–Crippen MR) is 75.7 cm³/mol. The molecule has 4 nitrogen and oxygen atoms in total. The third-order valence-electron chi connectivity index (χ3n) is 2.59. The number of aryl methyl sites for hydroxylation is 1. The van der Waals surface area contributed by atoms with Gasteiger partial charge in [0, 0.05) is 11.1 Å². The van der Waals surface area contributed by atoms with Crippen molar-refractivity contribution in [2.45, 2.75) is 13.3 Å². The number of rotatable bonds is 2. The second-order valence-corrected chi connectivity index (χ2v) is 4.53.